The van der Waals surface area contributed by atoms with Crippen LogP contribution in [0.1, 0.15) is 74.7 Å². The van der Waals surface area contributed by atoms with Crippen LogP contribution >= 0.6 is 0 Å². The van der Waals surface area contributed by atoms with Crippen molar-refractivity contribution in [1.29, 1.82) is 0 Å². The van der Waals surface area contributed by atoms with Crippen LogP contribution in [0.25, 0.3) is 22.4 Å². The lowest BCUT2D eigenvalue weighted by atomic mass is 9.84. The van der Waals surface area contributed by atoms with Gasteiger partial charge < -0.3 is 26.1 Å². The number of imidazole rings is 1. The summed E-state index contributed by atoms with van der Waals surface area (Å²) < 4.78 is 7.84. The lowest BCUT2D eigenvalue weighted by Gasteiger charge is -2.29. The van der Waals surface area contributed by atoms with Crippen molar-refractivity contribution in [1.82, 2.24) is 24.5 Å². The van der Waals surface area contributed by atoms with Crippen molar-refractivity contribution in [2.45, 2.75) is 75.9 Å². The van der Waals surface area contributed by atoms with E-state index in [1.807, 2.05) is 36.5 Å². The van der Waals surface area contributed by atoms with Gasteiger partial charge in [-0.2, -0.15) is 9.97 Å². The Bertz CT molecular complexity index is 1410. The SMILES string of the molecule is COc1ccccc1-c1ccc(CNc2nc(N)nc3c2nc(C2CCCCC2N)n3C2CCCC2)cn1. The van der Waals surface area contributed by atoms with E-state index in [1.54, 1.807) is 7.11 Å². The zero-order valence-corrected chi connectivity index (χ0v) is 21.9. The summed E-state index contributed by atoms with van der Waals surface area (Å²) in [5.41, 5.74) is 17.3. The number of hydrogen-bond acceptors (Lipinski definition) is 8. The van der Waals surface area contributed by atoms with Crippen molar-refractivity contribution < 1.29 is 4.74 Å². The first-order chi connectivity index (χ1) is 18.6. The number of fused-ring (bicyclic) bond motifs is 1. The number of para-hydroxylation sites is 1. The molecule has 2 aliphatic carbocycles. The molecule has 0 amide bonds. The first kappa shape index (κ1) is 24.6. The van der Waals surface area contributed by atoms with Gasteiger partial charge in [0.05, 0.1) is 12.8 Å². The van der Waals surface area contributed by atoms with Crippen LogP contribution < -0.4 is 21.5 Å². The average Bonchev–Trinajstić information content (AvgIpc) is 3.60. The number of nitrogen functional groups attached to an aromatic ring is 1. The molecule has 9 heteroatoms. The molecule has 5 N–H and O–H groups in total. The number of benzene rings is 1. The predicted molar refractivity (Wildman–Crippen MR) is 150 cm³/mol. The summed E-state index contributed by atoms with van der Waals surface area (Å²) in [7, 11) is 1.67. The summed E-state index contributed by atoms with van der Waals surface area (Å²) in [5, 5.41) is 3.47. The van der Waals surface area contributed by atoms with Crippen molar-refractivity contribution >= 4 is 22.9 Å². The van der Waals surface area contributed by atoms with Gasteiger partial charge in [-0.15, -0.1) is 0 Å². The van der Waals surface area contributed by atoms with Crippen LogP contribution in [-0.2, 0) is 6.54 Å². The van der Waals surface area contributed by atoms with E-state index >= 15 is 0 Å². The van der Waals surface area contributed by atoms with Crippen LogP contribution in [0, 0.1) is 0 Å². The Morgan fingerprint density at radius 2 is 1.76 bits per heavy atom. The Morgan fingerprint density at radius 3 is 2.53 bits per heavy atom. The normalized spacial score (nSPS) is 20.2. The third kappa shape index (κ3) is 4.67. The van der Waals surface area contributed by atoms with E-state index in [1.165, 1.54) is 25.7 Å². The van der Waals surface area contributed by atoms with E-state index in [0.29, 0.717) is 18.4 Å². The number of aromatic nitrogens is 5. The number of nitrogens with two attached hydrogens (primary N) is 2. The predicted octanol–water partition coefficient (Wildman–Crippen LogP) is 5.19. The summed E-state index contributed by atoms with van der Waals surface area (Å²) in [6.07, 6.45) is 11.1. The lowest BCUT2D eigenvalue weighted by Crippen LogP contribution is -2.33. The molecule has 0 radical (unpaired) electrons. The van der Waals surface area contributed by atoms with Crippen molar-refractivity contribution in [3.63, 3.8) is 0 Å². The smallest absolute Gasteiger partial charge is 0.224 e. The van der Waals surface area contributed by atoms with Gasteiger partial charge in [-0.1, -0.05) is 43.9 Å². The van der Waals surface area contributed by atoms with Crippen LogP contribution in [0.3, 0.4) is 0 Å². The van der Waals surface area contributed by atoms with Crippen LogP contribution in [0.15, 0.2) is 42.6 Å². The molecular formula is C29H36N8O. The zero-order valence-electron chi connectivity index (χ0n) is 21.9. The number of methoxy groups -OCH3 is 1. The highest BCUT2D eigenvalue weighted by Gasteiger charge is 2.33. The monoisotopic (exact) mass is 512 g/mol. The fourth-order valence-corrected chi connectivity index (χ4v) is 6.13. The number of nitrogens with zero attached hydrogens (tertiary/aromatic N) is 5. The summed E-state index contributed by atoms with van der Waals surface area (Å²) in [5.74, 6) is 3.01. The second-order valence-electron chi connectivity index (χ2n) is 10.5. The molecule has 2 unspecified atom stereocenters. The third-order valence-corrected chi connectivity index (χ3v) is 8.09. The summed E-state index contributed by atoms with van der Waals surface area (Å²) in [4.78, 5) is 19.1. The van der Waals surface area contributed by atoms with Crippen molar-refractivity contribution in [2.24, 2.45) is 5.73 Å². The van der Waals surface area contributed by atoms with E-state index in [2.05, 4.69) is 25.9 Å². The summed E-state index contributed by atoms with van der Waals surface area (Å²) in [6.45, 7) is 0.541. The fraction of sp³-hybridized carbons (Fsp3) is 0.448. The lowest BCUT2D eigenvalue weighted by molar-refractivity contribution is 0.354. The van der Waals surface area contributed by atoms with Gasteiger partial charge in [0.15, 0.2) is 17.0 Å². The van der Waals surface area contributed by atoms with Crippen molar-refractivity contribution in [3.8, 4) is 17.0 Å². The average molecular weight is 513 g/mol. The Hall–Kier alpha value is -3.72. The standard InChI is InChI=1S/C29H36N8O/c1-38-24-13-7-5-11-21(24)23-15-14-18(16-32-23)17-33-26-25-28(36-29(31)35-26)37(19-8-2-3-9-19)27(34-25)20-10-4-6-12-22(20)30/h5,7,11,13-16,19-20,22H,2-4,6,8-10,12,17,30H2,1H3,(H3,31,33,35,36). The topological polar surface area (TPSA) is 130 Å². The van der Waals surface area contributed by atoms with Crippen molar-refractivity contribution in [3.05, 3.63) is 54.0 Å². The van der Waals surface area contributed by atoms with E-state index in [0.717, 1.165) is 65.2 Å². The number of anilines is 2. The molecular weight excluding hydrogens is 476 g/mol. The molecule has 38 heavy (non-hydrogen) atoms. The molecule has 6 rings (SSSR count). The van der Waals surface area contributed by atoms with E-state index < -0.39 is 0 Å². The van der Waals surface area contributed by atoms with E-state index in [4.69, 9.17) is 26.2 Å². The Morgan fingerprint density at radius 1 is 0.974 bits per heavy atom. The molecule has 0 spiro atoms. The van der Waals surface area contributed by atoms with Gasteiger partial charge >= 0.3 is 0 Å². The van der Waals surface area contributed by atoms with Gasteiger partial charge in [0.1, 0.15) is 11.6 Å². The Kier molecular flexibility index (Phi) is 6.84. The number of ether oxygens (including phenoxy) is 1. The maximum absolute atomic E-state index is 6.63. The third-order valence-electron chi connectivity index (χ3n) is 8.09. The largest absolute Gasteiger partial charge is 0.496 e. The maximum Gasteiger partial charge on any atom is 0.224 e. The highest BCUT2D eigenvalue weighted by atomic mass is 16.5. The van der Waals surface area contributed by atoms with Gasteiger partial charge in [0, 0.05) is 36.3 Å². The van der Waals surface area contributed by atoms with Crippen molar-refractivity contribution in [2.75, 3.05) is 18.2 Å². The molecule has 3 aromatic heterocycles. The number of hydrogen-bond donors (Lipinski definition) is 3. The summed E-state index contributed by atoms with van der Waals surface area (Å²) >= 11 is 0. The summed E-state index contributed by atoms with van der Waals surface area (Å²) in [6, 6.07) is 12.5. The van der Waals surface area contributed by atoms with Gasteiger partial charge in [-0.05, 0) is 49.4 Å². The Labute approximate surface area is 223 Å². The molecule has 2 atom stereocenters. The maximum atomic E-state index is 6.63. The molecule has 3 heterocycles. The molecule has 4 aromatic rings. The van der Waals surface area contributed by atoms with Gasteiger partial charge in [0.25, 0.3) is 0 Å². The van der Waals surface area contributed by atoms with E-state index in [9.17, 15) is 0 Å². The highest BCUT2D eigenvalue weighted by Crippen LogP contribution is 2.40. The highest BCUT2D eigenvalue weighted by molar-refractivity contribution is 5.85. The quantitative estimate of drug-likeness (QED) is 0.308. The van der Waals surface area contributed by atoms with Crippen LogP contribution in [0.5, 0.6) is 5.75 Å². The molecule has 0 aliphatic heterocycles. The molecule has 9 nitrogen and oxygen atoms in total. The number of nitrogens with one attached hydrogen (secondary N) is 1. The van der Waals surface area contributed by atoms with Crippen LogP contribution in [0.4, 0.5) is 11.8 Å². The van der Waals surface area contributed by atoms with Crippen LogP contribution in [-0.4, -0.2) is 37.7 Å². The minimum atomic E-state index is 0.121. The van der Waals surface area contributed by atoms with Crippen LogP contribution in [0.2, 0.25) is 0 Å². The number of pyridine rings is 1. The second kappa shape index (κ2) is 10.6. The molecule has 1 aromatic carbocycles. The van der Waals surface area contributed by atoms with Gasteiger partial charge in [-0.3, -0.25) is 4.98 Å². The first-order valence-corrected chi connectivity index (χ1v) is 13.8. The molecule has 0 bridgehead atoms. The molecule has 0 saturated heterocycles. The molecule has 2 fully saturated rings. The molecule has 2 aliphatic rings. The fourth-order valence-electron chi connectivity index (χ4n) is 6.13. The van der Waals surface area contributed by atoms with Gasteiger partial charge in [0.2, 0.25) is 5.95 Å². The van der Waals surface area contributed by atoms with Gasteiger partial charge in [-0.25, -0.2) is 4.98 Å². The van der Waals surface area contributed by atoms with E-state index in [-0.39, 0.29) is 17.9 Å². The number of rotatable bonds is 7. The minimum Gasteiger partial charge on any atom is -0.496 e. The Balaban J connectivity index is 1.31. The first-order valence-electron chi connectivity index (χ1n) is 13.8. The second-order valence-corrected chi connectivity index (χ2v) is 10.5. The zero-order chi connectivity index (χ0) is 26.1. The molecule has 198 valence electrons. The molecule has 2 saturated carbocycles. The minimum absolute atomic E-state index is 0.121.